The van der Waals surface area contributed by atoms with Gasteiger partial charge in [-0.05, 0) is 12.8 Å². The average molecular weight is 268 g/mol. The molecule has 0 bridgehead atoms. The Labute approximate surface area is 109 Å². The van der Waals surface area contributed by atoms with Crippen molar-refractivity contribution < 1.29 is 9.66 Å². The van der Waals surface area contributed by atoms with Crippen molar-refractivity contribution in [2.45, 2.75) is 25.5 Å². The second-order valence-corrected chi connectivity index (χ2v) is 4.38. The zero-order valence-corrected chi connectivity index (χ0v) is 10.4. The molecule has 0 spiro atoms. The van der Waals surface area contributed by atoms with E-state index in [1.54, 1.807) is 0 Å². The summed E-state index contributed by atoms with van der Waals surface area (Å²) in [5.74, 6) is 0. The van der Waals surface area contributed by atoms with E-state index in [4.69, 9.17) is 4.74 Å². The molecule has 1 N–H and O–H groups in total. The Morgan fingerprint density at radius 2 is 2.47 bits per heavy atom. The van der Waals surface area contributed by atoms with Gasteiger partial charge in [-0.3, -0.25) is 14.7 Å². The maximum atomic E-state index is 11.4. The van der Waals surface area contributed by atoms with E-state index in [-0.39, 0.29) is 11.8 Å². The zero-order chi connectivity index (χ0) is 13.7. The maximum Gasteiger partial charge on any atom is 0.348 e. The Bertz CT molecular complexity index is 496. The Morgan fingerprint density at radius 3 is 3.16 bits per heavy atom. The fourth-order valence-corrected chi connectivity index (χ4v) is 1.97. The van der Waals surface area contributed by atoms with Gasteiger partial charge in [0.1, 0.15) is 6.20 Å². The van der Waals surface area contributed by atoms with Crippen LogP contribution in [0.4, 0.5) is 5.69 Å². The molecule has 2 rings (SSSR count). The second-order valence-electron chi connectivity index (χ2n) is 4.38. The first-order valence-electron chi connectivity index (χ1n) is 6.20. The lowest BCUT2D eigenvalue weighted by molar-refractivity contribution is -0.385. The minimum absolute atomic E-state index is 0.182. The van der Waals surface area contributed by atoms with Crippen molar-refractivity contribution in [2.24, 2.45) is 0 Å². The molecule has 1 atom stereocenters. The molecule has 1 unspecified atom stereocenters. The normalized spacial score (nSPS) is 18.6. The molecule has 0 aliphatic carbocycles. The molecule has 1 aromatic rings. The maximum absolute atomic E-state index is 11.4. The summed E-state index contributed by atoms with van der Waals surface area (Å²) in [6.07, 6.45) is 4.55. The quantitative estimate of drug-likeness (QED) is 0.440. The molecule has 1 saturated heterocycles. The van der Waals surface area contributed by atoms with Gasteiger partial charge >= 0.3 is 11.4 Å². The molecule has 0 amide bonds. The highest BCUT2D eigenvalue weighted by Gasteiger charge is 2.14. The van der Waals surface area contributed by atoms with Crippen LogP contribution in [0.5, 0.6) is 0 Å². The van der Waals surface area contributed by atoms with Gasteiger partial charge in [0.25, 0.3) is 0 Å². The number of ether oxygens (including phenoxy) is 1. The Balaban J connectivity index is 1.83. The van der Waals surface area contributed by atoms with Crippen LogP contribution in [0, 0.1) is 10.1 Å². The van der Waals surface area contributed by atoms with Gasteiger partial charge in [-0.2, -0.15) is 4.98 Å². The third-order valence-corrected chi connectivity index (χ3v) is 2.98. The molecule has 1 aliphatic rings. The highest BCUT2D eigenvalue weighted by atomic mass is 16.6. The number of nitrogens with zero attached hydrogens (tertiary/aromatic N) is 3. The minimum atomic E-state index is -0.567. The van der Waals surface area contributed by atoms with Gasteiger partial charge in [0.15, 0.2) is 0 Å². The summed E-state index contributed by atoms with van der Waals surface area (Å²) in [5, 5.41) is 13.8. The summed E-state index contributed by atoms with van der Waals surface area (Å²) in [6.45, 7) is 2.43. The van der Waals surface area contributed by atoms with Gasteiger partial charge in [0, 0.05) is 26.2 Å². The predicted octanol–water partition coefficient (Wildman–Crippen LogP) is -0.0799. The van der Waals surface area contributed by atoms with Crippen LogP contribution >= 0.6 is 0 Å². The van der Waals surface area contributed by atoms with E-state index in [9.17, 15) is 14.9 Å². The number of rotatable bonds is 6. The van der Waals surface area contributed by atoms with E-state index in [0.717, 1.165) is 32.2 Å². The van der Waals surface area contributed by atoms with Gasteiger partial charge in [-0.15, -0.1) is 0 Å². The van der Waals surface area contributed by atoms with E-state index < -0.39 is 10.6 Å². The van der Waals surface area contributed by atoms with E-state index in [2.05, 4.69) is 10.3 Å². The molecule has 0 aromatic carbocycles. The fraction of sp³-hybridized carbons (Fsp3) is 0.636. The van der Waals surface area contributed by atoms with Gasteiger partial charge in [-0.1, -0.05) is 0 Å². The fourth-order valence-electron chi connectivity index (χ4n) is 1.97. The van der Waals surface area contributed by atoms with Crippen LogP contribution in [0.1, 0.15) is 12.8 Å². The third-order valence-electron chi connectivity index (χ3n) is 2.98. The summed E-state index contributed by atoms with van der Waals surface area (Å²) in [4.78, 5) is 24.9. The number of nitro groups is 1. The summed E-state index contributed by atoms with van der Waals surface area (Å²) in [6, 6.07) is 0. The molecule has 104 valence electrons. The van der Waals surface area contributed by atoms with E-state index in [1.165, 1.54) is 10.8 Å². The SMILES string of the molecule is O=c1ncc([N+](=O)[O-])cn1CCNCC1CCCO1. The molecule has 0 radical (unpaired) electrons. The van der Waals surface area contributed by atoms with Crippen molar-refractivity contribution in [1.82, 2.24) is 14.9 Å². The Hall–Kier alpha value is -1.80. The molecular formula is C11H16N4O4. The minimum Gasteiger partial charge on any atom is -0.377 e. The zero-order valence-electron chi connectivity index (χ0n) is 10.4. The number of hydrogen-bond donors (Lipinski definition) is 1. The van der Waals surface area contributed by atoms with Crippen molar-refractivity contribution in [3.63, 3.8) is 0 Å². The van der Waals surface area contributed by atoms with Crippen LogP contribution in [-0.4, -0.2) is 40.3 Å². The first-order valence-corrected chi connectivity index (χ1v) is 6.20. The van der Waals surface area contributed by atoms with Crippen LogP contribution in [0.25, 0.3) is 0 Å². The molecule has 2 heterocycles. The van der Waals surface area contributed by atoms with E-state index in [1.807, 2.05) is 0 Å². The van der Waals surface area contributed by atoms with Crippen molar-refractivity contribution in [1.29, 1.82) is 0 Å². The first kappa shape index (κ1) is 13.6. The summed E-state index contributed by atoms with van der Waals surface area (Å²) in [5.41, 5.74) is -0.664. The van der Waals surface area contributed by atoms with Gasteiger partial charge in [-0.25, -0.2) is 4.79 Å². The van der Waals surface area contributed by atoms with Crippen molar-refractivity contribution in [3.05, 3.63) is 33.0 Å². The van der Waals surface area contributed by atoms with E-state index in [0.29, 0.717) is 13.1 Å². The van der Waals surface area contributed by atoms with Gasteiger partial charge in [0.2, 0.25) is 0 Å². The van der Waals surface area contributed by atoms with Crippen LogP contribution in [0.15, 0.2) is 17.2 Å². The van der Waals surface area contributed by atoms with Crippen LogP contribution in [0.2, 0.25) is 0 Å². The molecule has 1 aromatic heterocycles. The molecule has 1 aliphatic heterocycles. The Kier molecular flexibility index (Phi) is 4.58. The summed E-state index contributed by atoms with van der Waals surface area (Å²) in [7, 11) is 0. The van der Waals surface area contributed by atoms with Crippen LogP contribution < -0.4 is 11.0 Å². The Morgan fingerprint density at radius 1 is 1.63 bits per heavy atom. The third kappa shape index (κ3) is 3.83. The molecule has 8 heteroatoms. The molecule has 8 nitrogen and oxygen atoms in total. The van der Waals surface area contributed by atoms with Gasteiger partial charge < -0.3 is 10.1 Å². The number of hydrogen-bond acceptors (Lipinski definition) is 6. The molecular weight excluding hydrogens is 252 g/mol. The van der Waals surface area contributed by atoms with E-state index >= 15 is 0 Å². The summed E-state index contributed by atoms with van der Waals surface area (Å²) < 4.78 is 6.68. The molecule has 0 saturated carbocycles. The number of aromatic nitrogens is 2. The highest BCUT2D eigenvalue weighted by molar-refractivity contribution is 5.20. The summed E-state index contributed by atoms with van der Waals surface area (Å²) >= 11 is 0. The van der Waals surface area contributed by atoms with Crippen molar-refractivity contribution in [3.8, 4) is 0 Å². The predicted molar refractivity (Wildman–Crippen MR) is 67.0 cm³/mol. The van der Waals surface area contributed by atoms with Crippen LogP contribution in [-0.2, 0) is 11.3 Å². The topological polar surface area (TPSA) is 99.3 Å². The van der Waals surface area contributed by atoms with Crippen LogP contribution in [0.3, 0.4) is 0 Å². The lowest BCUT2D eigenvalue weighted by atomic mass is 10.2. The first-order chi connectivity index (χ1) is 9.16. The second kappa shape index (κ2) is 6.39. The number of nitrogens with one attached hydrogen (secondary N) is 1. The lowest BCUT2D eigenvalue weighted by Gasteiger charge is -2.11. The molecule has 19 heavy (non-hydrogen) atoms. The largest absolute Gasteiger partial charge is 0.377 e. The standard InChI is InChI=1S/C11H16N4O4/c16-11-13-6-9(15(17)18)8-14(11)4-3-12-7-10-2-1-5-19-10/h6,8,10,12H,1-5,7H2. The van der Waals surface area contributed by atoms with Crippen molar-refractivity contribution >= 4 is 5.69 Å². The molecule has 1 fully saturated rings. The van der Waals surface area contributed by atoms with Gasteiger partial charge in [0.05, 0.1) is 17.2 Å². The highest BCUT2D eigenvalue weighted by Crippen LogP contribution is 2.10. The average Bonchev–Trinajstić information content (AvgIpc) is 2.89. The van der Waals surface area contributed by atoms with Crippen molar-refractivity contribution in [2.75, 3.05) is 19.7 Å². The smallest absolute Gasteiger partial charge is 0.348 e. The monoisotopic (exact) mass is 268 g/mol. The lowest BCUT2D eigenvalue weighted by Crippen LogP contribution is -2.32.